The van der Waals surface area contributed by atoms with Crippen molar-refractivity contribution in [3.05, 3.63) is 53.6 Å². The van der Waals surface area contributed by atoms with Crippen LogP contribution < -0.4 is 5.73 Å². The number of hydrogen-bond donors (Lipinski definition) is 1. The van der Waals surface area contributed by atoms with Crippen LogP contribution in [0.1, 0.15) is 21.7 Å². The first-order valence-corrected chi connectivity index (χ1v) is 5.49. The summed E-state index contributed by atoms with van der Waals surface area (Å²) in [6.45, 7) is 0.0543. The van der Waals surface area contributed by atoms with Crippen LogP contribution in [0, 0.1) is 0 Å². The van der Waals surface area contributed by atoms with Crippen molar-refractivity contribution in [2.45, 2.75) is 6.42 Å². The highest BCUT2D eigenvalue weighted by Crippen LogP contribution is 2.09. The lowest BCUT2D eigenvalue weighted by atomic mass is 10.1. The molecular formula is C13H15N3O. The number of carbonyl (C=O) groups is 1. The number of Topliss-reactive ketones (excluding diaryl/α,β-unsaturated/α-hetero) is 1. The first-order valence-electron chi connectivity index (χ1n) is 5.49. The van der Waals surface area contributed by atoms with E-state index in [9.17, 15) is 4.79 Å². The van der Waals surface area contributed by atoms with Crippen molar-refractivity contribution >= 4 is 5.78 Å². The van der Waals surface area contributed by atoms with Gasteiger partial charge in [0.1, 0.15) is 5.82 Å². The average Bonchev–Trinajstić information content (AvgIpc) is 2.75. The predicted octanol–water partition coefficient (Wildman–Crippen LogP) is 1.15. The molecule has 0 saturated carbocycles. The highest BCUT2D eigenvalue weighted by molar-refractivity contribution is 5.97. The fraction of sp³-hybridized carbons (Fsp3) is 0.231. The van der Waals surface area contributed by atoms with Gasteiger partial charge < -0.3 is 10.3 Å². The molecule has 1 aromatic carbocycles. The lowest BCUT2D eigenvalue weighted by Gasteiger charge is -2.03. The van der Waals surface area contributed by atoms with Crippen LogP contribution in [-0.4, -0.2) is 21.9 Å². The van der Waals surface area contributed by atoms with Crippen molar-refractivity contribution in [1.82, 2.24) is 9.55 Å². The van der Waals surface area contributed by atoms with Gasteiger partial charge in [-0.3, -0.25) is 4.79 Å². The summed E-state index contributed by atoms with van der Waals surface area (Å²) < 4.78 is 1.99. The number of carbonyl (C=O) groups excluding carboxylic acids is 1. The van der Waals surface area contributed by atoms with Crippen LogP contribution >= 0.6 is 0 Å². The summed E-state index contributed by atoms with van der Waals surface area (Å²) in [5, 5.41) is 0. The van der Waals surface area contributed by atoms with E-state index in [0.29, 0.717) is 5.56 Å². The van der Waals surface area contributed by atoms with E-state index in [-0.39, 0.29) is 12.3 Å². The van der Waals surface area contributed by atoms with E-state index in [2.05, 4.69) is 4.98 Å². The third-order valence-electron chi connectivity index (χ3n) is 2.74. The van der Waals surface area contributed by atoms with Crippen molar-refractivity contribution in [2.24, 2.45) is 12.8 Å². The molecule has 0 amide bonds. The number of benzene rings is 1. The van der Waals surface area contributed by atoms with E-state index >= 15 is 0 Å². The van der Waals surface area contributed by atoms with Crippen LogP contribution in [0.25, 0.3) is 0 Å². The second-order valence-corrected chi connectivity index (χ2v) is 3.96. The molecule has 2 aromatic rings. The summed E-state index contributed by atoms with van der Waals surface area (Å²) >= 11 is 0. The maximum absolute atomic E-state index is 11.4. The Morgan fingerprint density at radius 2 is 2.06 bits per heavy atom. The molecule has 0 bridgehead atoms. The zero-order valence-corrected chi connectivity index (χ0v) is 9.76. The SMILES string of the molecule is Cn1ccnc1Cc1ccc(C(=O)CN)cc1. The van der Waals surface area contributed by atoms with Crippen LogP contribution in [0.4, 0.5) is 0 Å². The van der Waals surface area contributed by atoms with Crippen molar-refractivity contribution in [3.63, 3.8) is 0 Å². The number of aryl methyl sites for hydroxylation is 1. The molecule has 0 fully saturated rings. The quantitative estimate of drug-likeness (QED) is 0.800. The molecule has 0 aliphatic heterocycles. The van der Waals surface area contributed by atoms with Crippen LogP contribution in [0.15, 0.2) is 36.7 Å². The molecule has 2 N–H and O–H groups in total. The van der Waals surface area contributed by atoms with Gasteiger partial charge in [0.05, 0.1) is 6.54 Å². The molecule has 17 heavy (non-hydrogen) atoms. The summed E-state index contributed by atoms with van der Waals surface area (Å²) in [6.07, 6.45) is 4.46. The van der Waals surface area contributed by atoms with Gasteiger partial charge in [-0.05, 0) is 5.56 Å². The molecule has 1 heterocycles. The smallest absolute Gasteiger partial charge is 0.176 e. The minimum atomic E-state index is -0.0338. The molecule has 0 aliphatic rings. The summed E-state index contributed by atoms with van der Waals surface area (Å²) in [5.74, 6) is 0.969. The van der Waals surface area contributed by atoms with Crippen LogP contribution in [0.5, 0.6) is 0 Å². The van der Waals surface area contributed by atoms with E-state index in [4.69, 9.17) is 5.73 Å². The second-order valence-electron chi connectivity index (χ2n) is 3.96. The van der Waals surface area contributed by atoms with Gasteiger partial charge in [-0.1, -0.05) is 24.3 Å². The molecule has 1 aromatic heterocycles. The van der Waals surface area contributed by atoms with Crippen molar-refractivity contribution < 1.29 is 4.79 Å². The molecule has 0 spiro atoms. The molecular weight excluding hydrogens is 214 g/mol. The highest BCUT2D eigenvalue weighted by atomic mass is 16.1. The topological polar surface area (TPSA) is 60.9 Å². The van der Waals surface area contributed by atoms with Gasteiger partial charge in [-0.2, -0.15) is 0 Å². The number of nitrogens with zero attached hydrogens (tertiary/aromatic N) is 2. The zero-order valence-electron chi connectivity index (χ0n) is 9.76. The highest BCUT2D eigenvalue weighted by Gasteiger charge is 2.04. The van der Waals surface area contributed by atoms with E-state index in [1.165, 1.54) is 0 Å². The Labute approximate surface area is 100 Å². The Morgan fingerprint density at radius 1 is 1.35 bits per heavy atom. The van der Waals surface area contributed by atoms with Gasteiger partial charge in [-0.15, -0.1) is 0 Å². The predicted molar refractivity (Wildman–Crippen MR) is 65.8 cm³/mol. The van der Waals surface area contributed by atoms with Crippen LogP contribution in [0.3, 0.4) is 0 Å². The zero-order chi connectivity index (χ0) is 12.3. The van der Waals surface area contributed by atoms with Gasteiger partial charge in [0, 0.05) is 31.4 Å². The largest absolute Gasteiger partial charge is 0.338 e. The summed E-state index contributed by atoms with van der Waals surface area (Å²) in [5.41, 5.74) is 7.10. The van der Waals surface area contributed by atoms with E-state index in [1.54, 1.807) is 6.20 Å². The Kier molecular flexibility index (Phi) is 3.35. The fourth-order valence-corrected chi connectivity index (χ4v) is 1.68. The number of rotatable bonds is 4. The van der Waals surface area contributed by atoms with E-state index < -0.39 is 0 Å². The minimum Gasteiger partial charge on any atom is -0.338 e. The maximum atomic E-state index is 11.4. The Balaban J connectivity index is 2.14. The molecule has 4 nitrogen and oxygen atoms in total. The van der Waals surface area contributed by atoms with Gasteiger partial charge >= 0.3 is 0 Å². The standard InChI is InChI=1S/C13H15N3O/c1-16-7-6-15-13(16)8-10-2-4-11(5-3-10)12(17)9-14/h2-7H,8-9,14H2,1H3. The summed E-state index contributed by atoms with van der Waals surface area (Å²) in [4.78, 5) is 15.6. The lowest BCUT2D eigenvalue weighted by Crippen LogP contribution is -2.13. The molecule has 2 rings (SSSR count). The molecule has 0 saturated heterocycles. The fourth-order valence-electron chi connectivity index (χ4n) is 1.68. The van der Waals surface area contributed by atoms with E-state index in [1.807, 2.05) is 42.1 Å². The number of nitrogens with two attached hydrogens (primary N) is 1. The van der Waals surface area contributed by atoms with Crippen molar-refractivity contribution in [1.29, 1.82) is 0 Å². The third kappa shape index (κ3) is 2.60. The number of hydrogen-bond acceptors (Lipinski definition) is 3. The lowest BCUT2D eigenvalue weighted by molar-refractivity contribution is 0.100. The van der Waals surface area contributed by atoms with Crippen LogP contribution in [0.2, 0.25) is 0 Å². The number of aromatic nitrogens is 2. The van der Waals surface area contributed by atoms with Gasteiger partial charge in [0.2, 0.25) is 0 Å². The number of ketones is 1. The average molecular weight is 229 g/mol. The molecule has 0 atom stereocenters. The first-order chi connectivity index (χ1) is 8.20. The Morgan fingerprint density at radius 3 is 2.59 bits per heavy atom. The van der Waals surface area contributed by atoms with Gasteiger partial charge in [-0.25, -0.2) is 4.98 Å². The Bertz CT molecular complexity index is 514. The molecule has 4 heteroatoms. The van der Waals surface area contributed by atoms with E-state index in [0.717, 1.165) is 17.8 Å². The summed E-state index contributed by atoms with van der Waals surface area (Å²) in [7, 11) is 1.97. The molecule has 0 aliphatic carbocycles. The van der Waals surface area contributed by atoms with Gasteiger partial charge in [0.15, 0.2) is 5.78 Å². The third-order valence-corrected chi connectivity index (χ3v) is 2.74. The van der Waals surface area contributed by atoms with Crippen LogP contribution in [-0.2, 0) is 13.5 Å². The normalized spacial score (nSPS) is 10.5. The van der Waals surface area contributed by atoms with Crippen molar-refractivity contribution in [3.8, 4) is 0 Å². The Hall–Kier alpha value is -1.94. The molecule has 0 unspecified atom stereocenters. The monoisotopic (exact) mass is 229 g/mol. The van der Waals surface area contributed by atoms with Gasteiger partial charge in [0.25, 0.3) is 0 Å². The minimum absolute atomic E-state index is 0.0338. The molecule has 0 radical (unpaired) electrons. The first kappa shape index (κ1) is 11.5. The second kappa shape index (κ2) is 4.93. The maximum Gasteiger partial charge on any atom is 0.176 e. The summed E-state index contributed by atoms with van der Waals surface area (Å²) in [6, 6.07) is 7.51. The molecule has 88 valence electrons. The van der Waals surface area contributed by atoms with Crippen molar-refractivity contribution in [2.75, 3.05) is 6.54 Å². The number of imidazole rings is 1.